The van der Waals surface area contributed by atoms with Crippen molar-refractivity contribution in [1.82, 2.24) is 4.90 Å². The molecule has 3 aliphatic rings. The molecule has 0 aromatic heterocycles. The molecule has 1 unspecified atom stereocenters. The van der Waals surface area contributed by atoms with Crippen molar-refractivity contribution in [2.45, 2.75) is 194 Å². The van der Waals surface area contributed by atoms with Crippen molar-refractivity contribution in [1.29, 1.82) is 0 Å². The standard InChI is InChI=1S/C58H87NO13/c1-12-13-15-20-37(4)49(70-35-43-21-16-14-17-22-43)33-45-26-24-42(9)58(67,72-45)55(64)56(65)59-28-19-18-23-46(59)57(66)71-50(39(6)31-44-25-27-47(60)51(32-44)68-10)34-48(61)38(5)30-41(8)53(63)54(69-11)52(62)40(7)29-36(2)3/h12-17,20-22,30,36,38-40,42,44-47,49-51,53-54,60,63,67H,1,18-19,23-29,31-35H2,2-11H3/b15-13+,37-20+,41-30+/t38-,39-,40-,42-,44+,45+,46+,47-,49?,50+,51-,53-,54+,58-/m1/s1. The molecule has 14 atom stereocenters. The van der Waals surface area contributed by atoms with Crippen molar-refractivity contribution in [2.24, 2.45) is 35.5 Å². The minimum atomic E-state index is -2.47. The second kappa shape index (κ2) is 29.1. The number of benzene rings is 1. The number of allylic oxidation sites excluding steroid dienone is 5. The second-order valence-corrected chi connectivity index (χ2v) is 21.4. The maximum atomic E-state index is 14.5. The number of rotatable bonds is 27. The van der Waals surface area contributed by atoms with E-state index >= 15 is 0 Å². The highest BCUT2D eigenvalue weighted by molar-refractivity contribution is 6.39. The molecule has 1 saturated carbocycles. The number of carbonyl (C=O) groups is 5. The van der Waals surface area contributed by atoms with Crippen LogP contribution in [0, 0.1) is 35.5 Å². The highest BCUT2D eigenvalue weighted by atomic mass is 16.6. The number of methoxy groups -OCH3 is 2. The number of ketones is 3. The van der Waals surface area contributed by atoms with Gasteiger partial charge in [-0.25, -0.2) is 4.79 Å². The predicted molar refractivity (Wildman–Crippen MR) is 276 cm³/mol. The Morgan fingerprint density at radius 2 is 1.64 bits per heavy atom. The van der Waals surface area contributed by atoms with Crippen LogP contribution in [0.1, 0.15) is 138 Å². The van der Waals surface area contributed by atoms with Crippen LogP contribution < -0.4 is 0 Å². The Morgan fingerprint density at radius 3 is 2.29 bits per heavy atom. The molecule has 3 fully saturated rings. The number of esters is 1. The average molecular weight is 1010 g/mol. The molecule has 0 radical (unpaired) electrons. The lowest BCUT2D eigenvalue weighted by Crippen LogP contribution is -2.61. The molecule has 72 heavy (non-hydrogen) atoms. The summed E-state index contributed by atoms with van der Waals surface area (Å²) in [5.74, 6) is -7.71. The summed E-state index contributed by atoms with van der Waals surface area (Å²) >= 11 is 0. The maximum Gasteiger partial charge on any atom is 0.329 e. The van der Waals surface area contributed by atoms with Gasteiger partial charge in [0.25, 0.3) is 11.7 Å². The van der Waals surface area contributed by atoms with Gasteiger partial charge in [0.15, 0.2) is 5.78 Å². The molecule has 3 N–H and O–H groups in total. The van der Waals surface area contributed by atoms with Crippen molar-refractivity contribution in [3.63, 3.8) is 0 Å². The van der Waals surface area contributed by atoms with Gasteiger partial charge < -0.3 is 43.9 Å². The van der Waals surface area contributed by atoms with Gasteiger partial charge in [-0.2, -0.15) is 0 Å². The number of Topliss-reactive ketones (excluding diaryl/α,β-unsaturated/α-hetero) is 3. The quantitative estimate of drug-likeness (QED) is 0.0330. The van der Waals surface area contributed by atoms with Crippen molar-refractivity contribution in [3.05, 3.63) is 84.0 Å². The zero-order chi connectivity index (χ0) is 53.3. The first-order valence-corrected chi connectivity index (χ1v) is 26.4. The minimum absolute atomic E-state index is 0.0719. The van der Waals surface area contributed by atoms with Gasteiger partial charge in [-0.05, 0) is 113 Å². The molecule has 2 saturated heterocycles. The van der Waals surface area contributed by atoms with Gasteiger partial charge in [0.05, 0.1) is 31.0 Å². The molecule has 2 heterocycles. The first-order valence-electron chi connectivity index (χ1n) is 26.4. The van der Waals surface area contributed by atoms with Gasteiger partial charge in [-0.15, -0.1) is 0 Å². The third-order valence-electron chi connectivity index (χ3n) is 15.2. The second-order valence-electron chi connectivity index (χ2n) is 21.4. The molecular formula is C58H87NO13. The number of carbonyl (C=O) groups excluding carboxylic acids is 5. The van der Waals surface area contributed by atoms with Crippen LogP contribution in [-0.2, 0) is 54.3 Å². The molecule has 0 spiro atoms. The highest BCUT2D eigenvalue weighted by Crippen LogP contribution is 2.38. The van der Waals surface area contributed by atoms with E-state index in [1.165, 1.54) is 12.0 Å². The number of amides is 1. The summed E-state index contributed by atoms with van der Waals surface area (Å²) in [6.45, 7) is 18.9. The van der Waals surface area contributed by atoms with E-state index in [0.717, 1.165) is 11.1 Å². The lowest BCUT2D eigenvalue weighted by atomic mass is 9.78. The summed E-state index contributed by atoms with van der Waals surface area (Å²) in [6, 6.07) is 8.57. The largest absolute Gasteiger partial charge is 0.460 e. The molecule has 4 rings (SSSR count). The first kappa shape index (κ1) is 60.4. The summed E-state index contributed by atoms with van der Waals surface area (Å²) in [7, 11) is 2.94. The van der Waals surface area contributed by atoms with Crippen LogP contribution in [0.2, 0.25) is 0 Å². The van der Waals surface area contributed by atoms with Crippen molar-refractivity contribution in [3.8, 4) is 0 Å². The summed E-state index contributed by atoms with van der Waals surface area (Å²) in [5, 5.41) is 33.9. The molecule has 0 bridgehead atoms. The molecule has 1 amide bonds. The van der Waals surface area contributed by atoms with Crippen molar-refractivity contribution in [2.75, 3.05) is 20.8 Å². The summed E-state index contributed by atoms with van der Waals surface area (Å²) in [4.78, 5) is 72.0. The number of likely N-dealkylation sites (tertiary alicyclic amines) is 1. The summed E-state index contributed by atoms with van der Waals surface area (Å²) in [5.41, 5.74) is 2.27. The number of nitrogens with zero attached hydrogens (tertiary/aromatic N) is 1. The Kier molecular flexibility index (Phi) is 24.4. The summed E-state index contributed by atoms with van der Waals surface area (Å²) in [6.07, 6.45) is 8.84. The number of hydrogen-bond acceptors (Lipinski definition) is 13. The van der Waals surface area contributed by atoms with E-state index < -0.39 is 77.9 Å². The normalized spacial score (nSPS) is 27.3. The predicted octanol–water partition coefficient (Wildman–Crippen LogP) is 8.39. The van der Waals surface area contributed by atoms with Crippen LogP contribution in [-0.4, -0.2) is 125 Å². The smallest absolute Gasteiger partial charge is 0.329 e. The van der Waals surface area contributed by atoms with Crippen LogP contribution in [0.5, 0.6) is 0 Å². The Hall–Kier alpha value is -4.15. The van der Waals surface area contributed by atoms with Crippen LogP contribution >= 0.6 is 0 Å². The Morgan fingerprint density at radius 1 is 0.931 bits per heavy atom. The zero-order valence-electron chi connectivity index (χ0n) is 44.8. The van der Waals surface area contributed by atoms with Gasteiger partial charge in [-0.3, -0.25) is 19.2 Å². The lowest BCUT2D eigenvalue weighted by molar-refractivity contribution is -0.266. The summed E-state index contributed by atoms with van der Waals surface area (Å²) < 4.78 is 30.0. The lowest BCUT2D eigenvalue weighted by Gasteiger charge is -2.43. The Labute approximate surface area is 429 Å². The van der Waals surface area contributed by atoms with Crippen LogP contribution in [0.3, 0.4) is 0 Å². The topological polar surface area (TPSA) is 195 Å². The van der Waals surface area contributed by atoms with E-state index in [2.05, 4.69) is 6.58 Å². The molecule has 402 valence electrons. The number of aliphatic hydroxyl groups excluding tert-OH is 2. The maximum absolute atomic E-state index is 14.5. The van der Waals surface area contributed by atoms with Gasteiger partial charge in [0, 0.05) is 51.4 Å². The number of piperidine rings is 1. The van der Waals surface area contributed by atoms with Crippen LogP contribution in [0.15, 0.2) is 78.4 Å². The SMILES string of the molecule is C=C/C=C/C=C(\C)C(C[C@@H]1CC[C@@H](C)[C@](O)(C(=O)C(=O)N2CCCC[C@H]2C(=O)O[C@@H](CC(=O)[C@H](C)/C=C(\C)[C@@H](O)[C@@H](OC)C(=O)[C@H](C)CC(C)C)[C@H](C)C[C@@H]2CC[C@@H](O)[C@H](OC)C2)O1)OCc1ccccc1. The van der Waals surface area contributed by atoms with Crippen LogP contribution in [0.4, 0.5) is 0 Å². The van der Waals surface area contributed by atoms with Gasteiger partial charge in [0.2, 0.25) is 5.79 Å². The van der Waals surface area contributed by atoms with E-state index in [1.807, 2.05) is 77.1 Å². The Balaban J connectivity index is 1.55. The van der Waals surface area contributed by atoms with E-state index in [0.29, 0.717) is 76.4 Å². The Bertz CT molecular complexity index is 2030. The van der Waals surface area contributed by atoms with E-state index in [4.69, 9.17) is 23.7 Å². The van der Waals surface area contributed by atoms with Gasteiger partial charge >= 0.3 is 5.97 Å². The number of hydrogen-bond donors (Lipinski definition) is 3. The molecule has 1 aliphatic carbocycles. The molecular weight excluding hydrogens is 919 g/mol. The fourth-order valence-corrected chi connectivity index (χ4v) is 10.6. The average Bonchev–Trinajstić information content (AvgIpc) is 3.36. The zero-order valence-corrected chi connectivity index (χ0v) is 44.8. The molecule has 14 heteroatoms. The van der Waals surface area contributed by atoms with Crippen LogP contribution in [0.25, 0.3) is 0 Å². The van der Waals surface area contributed by atoms with E-state index in [1.54, 1.807) is 46.1 Å². The van der Waals surface area contributed by atoms with Crippen molar-refractivity contribution < 1.29 is 63.0 Å². The third kappa shape index (κ3) is 16.9. The van der Waals surface area contributed by atoms with Gasteiger partial charge in [-0.1, -0.05) is 109 Å². The van der Waals surface area contributed by atoms with Gasteiger partial charge in [0.1, 0.15) is 30.1 Å². The minimum Gasteiger partial charge on any atom is -0.460 e. The highest BCUT2D eigenvalue weighted by Gasteiger charge is 2.53. The fourth-order valence-electron chi connectivity index (χ4n) is 10.6. The number of ether oxygens (including phenoxy) is 5. The molecule has 14 nitrogen and oxygen atoms in total. The number of aliphatic hydroxyl groups is 3. The third-order valence-corrected chi connectivity index (χ3v) is 15.2. The molecule has 1 aromatic carbocycles. The molecule has 2 aliphatic heterocycles. The monoisotopic (exact) mass is 1010 g/mol. The van der Waals surface area contributed by atoms with E-state index in [9.17, 15) is 39.3 Å². The van der Waals surface area contributed by atoms with Crippen molar-refractivity contribution >= 4 is 29.2 Å². The fraction of sp³-hybridized carbons (Fsp3) is 0.672. The van der Waals surface area contributed by atoms with E-state index in [-0.39, 0.29) is 60.7 Å². The molecule has 1 aromatic rings. The first-order chi connectivity index (χ1) is 34.1.